The monoisotopic (exact) mass is 174 g/mol. The largest absolute Gasteiger partial charge is 0.467 e. The first kappa shape index (κ1) is 8.45. The molecule has 1 rings (SSSR count). The lowest BCUT2D eigenvalue weighted by atomic mass is 10.4. The molecule has 1 heterocycles. The minimum absolute atomic E-state index is 0.212. The van der Waals surface area contributed by atoms with Crippen LogP contribution >= 0.6 is 11.3 Å². The summed E-state index contributed by atoms with van der Waals surface area (Å²) in [7, 11) is 0. The summed E-state index contributed by atoms with van der Waals surface area (Å²) >= 11 is 1.39. The van der Waals surface area contributed by atoms with Crippen LogP contribution in [0, 0.1) is 0 Å². The molecule has 1 aromatic heterocycles. The number of aliphatic hydroxyl groups excluding tert-OH is 1. The average molecular weight is 174 g/mol. The Bertz CT molecular complexity index is 190. The highest BCUT2D eigenvalue weighted by Crippen LogP contribution is 2.13. The molecule has 0 saturated carbocycles. The zero-order valence-corrected chi connectivity index (χ0v) is 6.75. The van der Waals surface area contributed by atoms with Gasteiger partial charge in [-0.25, -0.2) is 4.98 Å². The number of thiazole rings is 1. The van der Waals surface area contributed by atoms with E-state index in [9.17, 15) is 0 Å². The molecule has 0 aliphatic carbocycles. The number of hydrogen-bond acceptors (Lipinski definition) is 5. The van der Waals surface area contributed by atoms with Gasteiger partial charge >= 0.3 is 0 Å². The van der Waals surface area contributed by atoms with Gasteiger partial charge in [-0.2, -0.15) is 0 Å². The van der Waals surface area contributed by atoms with E-state index in [1.54, 1.807) is 6.20 Å². The van der Waals surface area contributed by atoms with E-state index < -0.39 is 6.10 Å². The van der Waals surface area contributed by atoms with Crippen molar-refractivity contribution in [1.82, 2.24) is 4.98 Å². The maximum Gasteiger partial charge on any atom is 0.273 e. The molecule has 0 bridgehead atoms. The fraction of sp³-hybridized carbons (Fsp3) is 0.500. The maximum atomic E-state index is 8.98. The van der Waals surface area contributed by atoms with Gasteiger partial charge in [0.15, 0.2) is 0 Å². The van der Waals surface area contributed by atoms with E-state index in [1.165, 1.54) is 11.3 Å². The normalized spacial score (nSPS) is 12.9. The van der Waals surface area contributed by atoms with E-state index in [1.807, 2.05) is 5.38 Å². The highest BCUT2D eigenvalue weighted by molar-refractivity contribution is 7.11. The van der Waals surface area contributed by atoms with Crippen molar-refractivity contribution in [3.8, 4) is 5.19 Å². The summed E-state index contributed by atoms with van der Waals surface area (Å²) in [6.45, 7) is 0.426. The van der Waals surface area contributed by atoms with Crippen LogP contribution in [-0.4, -0.2) is 29.3 Å². The second-order valence-corrected chi connectivity index (χ2v) is 2.86. The van der Waals surface area contributed by atoms with Crippen LogP contribution in [0.1, 0.15) is 0 Å². The van der Waals surface area contributed by atoms with E-state index >= 15 is 0 Å². The molecule has 1 unspecified atom stereocenters. The van der Waals surface area contributed by atoms with Crippen molar-refractivity contribution in [3.63, 3.8) is 0 Å². The fourth-order valence-corrected chi connectivity index (χ4v) is 1.01. The summed E-state index contributed by atoms with van der Waals surface area (Å²) in [4.78, 5) is 3.87. The third-order valence-corrected chi connectivity index (χ3v) is 1.76. The second kappa shape index (κ2) is 4.27. The predicted octanol–water partition coefficient (Wildman–Crippen LogP) is -0.159. The highest BCUT2D eigenvalue weighted by atomic mass is 32.1. The second-order valence-electron chi connectivity index (χ2n) is 2.00. The van der Waals surface area contributed by atoms with Gasteiger partial charge in [0.05, 0.1) is 0 Å². The van der Waals surface area contributed by atoms with Crippen LogP contribution in [0.4, 0.5) is 0 Å². The van der Waals surface area contributed by atoms with Gasteiger partial charge in [0.2, 0.25) is 0 Å². The van der Waals surface area contributed by atoms with Crippen molar-refractivity contribution >= 4 is 11.3 Å². The maximum absolute atomic E-state index is 8.98. The lowest BCUT2D eigenvalue weighted by Gasteiger charge is -2.06. The fourth-order valence-electron chi connectivity index (χ4n) is 0.517. The molecule has 1 aromatic rings. The molecular weight excluding hydrogens is 164 g/mol. The summed E-state index contributed by atoms with van der Waals surface area (Å²) < 4.78 is 5.08. The van der Waals surface area contributed by atoms with E-state index in [0.29, 0.717) is 5.19 Å². The number of ether oxygens (including phenoxy) is 1. The molecule has 0 saturated heterocycles. The molecule has 0 spiro atoms. The minimum atomic E-state index is -0.598. The van der Waals surface area contributed by atoms with Crippen LogP contribution < -0.4 is 10.5 Å². The first-order chi connectivity index (χ1) is 5.33. The standard InChI is InChI=1S/C6H10N2O2S/c7-3-5(9)4-10-6-8-1-2-11-6/h1-2,5,9H,3-4,7H2. The predicted molar refractivity (Wildman–Crippen MR) is 42.7 cm³/mol. The zero-order valence-electron chi connectivity index (χ0n) is 5.93. The van der Waals surface area contributed by atoms with Crippen LogP contribution in [0.15, 0.2) is 11.6 Å². The summed E-state index contributed by atoms with van der Waals surface area (Å²) in [5.74, 6) is 0. The molecule has 0 radical (unpaired) electrons. The van der Waals surface area contributed by atoms with Crippen molar-refractivity contribution in [2.75, 3.05) is 13.2 Å². The van der Waals surface area contributed by atoms with Gasteiger partial charge in [-0.3, -0.25) is 0 Å². The summed E-state index contributed by atoms with van der Waals surface area (Å²) in [5, 5.41) is 11.4. The molecule has 62 valence electrons. The van der Waals surface area contributed by atoms with Crippen molar-refractivity contribution < 1.29 is 9.84 Å². The Hall–Kier alpha value is -0.650. The summed E-state index contributed by atoms with van der Waals surface area (Å²) in [6.07, 6.45) is 1.05. The van der Waals surface area contributed by atoms with Gasteiger partial charge in [0, 0.05) is 18.1 Å². The molecule has 5 heteroatoms. The van der Waals surface area contributed by atoms with Gasteiger partial charge in [0.1, 0.15) is 12.7 Å². The Labute approximate surface area is 68.6 Å². The zero-order chi connectivity index (χ0) is 8.10. The smallest absolute Gasteiger partial charge is 0.273 e. The van der Waals surface area contributed by atoms with E-state index in [2.05, 4.69) is 4.98 Å². The first-order valence-electron chi connectivity index (χ1n) is 3.23. The van der Waals surface area contributed by atoms with Crippen molar-refractivity contribution in [2.24, 2.45) is 5.73 Å². The van der Waals surface area contributed by atoms with Crippen LogP contribution in [0.3, 0.4) is 0 Å². The Morgan fingerprint density at radius 2 is 2.64 bits per heavy atom. The van der Waals surface area contributed by atoms with E-state index in [-0.39, 0.29) is 13.2 Å². The topological polar surface area (TPSA) is 68.4 Å². The lowest BCUT2D eigenvalue weighted by Crippen LogP contribution is -2.26. The van der Waals surface area contributed by atoms with Gasteiger partial charge < -0.3 is 15.6 Å². The summed E-state index contributed by atoms with van der Waals surface area (Å²) in [6, 6.07) is 0. The molecule has 11 heavy (non-hydrogen) atoms. The molecule has 0 fully saturated rings. The average Bonchev–Trinajstić information content (AvgIpc) is 2.52. The highest BCUT2D eigenvalue weighted by Gasteiger charge is 2.02. The molecule has 0 aliphatic rings. The lowest BCUT2D eigenvalue weighted by molar-refractivity contribution is 0.114. The minimum Gasteiger partial charge on any atom is -0.467 e. The van der Waals surface area contributed by atoms with Gasteiger partial charge in [0.25, 0.3) is 5.19 Å². The summed E-state index contributed by atoms with van der Waals surface area (Å²) in [5.41, 5.74) is 5.16. The number of nitrogens with zero attached hydrogens (tertiary/aromatic N) is 1. The molecule has 3 N–H and O–H groups in total. The molecule has 1 atom stereocenters. The van der Waals surface area contributed by atoms with Gasteiger partial charge in [-0.05, 0) is 0 Å². The molecule has 0 aliphatic heterocycles. The number of aliphatic hydroxyl groups is 1. The van der Waals surface area contributed by atoms with Crippen molar-refractivity contribution in [2.45, 2.75) is 6.10 Å². The van der Waals surface area contributed by atoms with Crippen LogP contribution in [0.25, 0.3) is 0 Å². The third-order valence-electron chi connectivity index (χ3n) is 1.08. The molecule has 0 aromatic carbocycles. The Morgan fingerprint density at radius 3 is 3.18 bits per heavy atom. The van der Waals surface area contributed by atoms with Gasteiger partial charge in [-0.1, -0.05) is 11.3 Å². The van der Waals surface area contributed by atoms with Crippen molar-refractivity contribution in [3.05, 3.63) is 11.6 Å². The van der Waals surface area contributed by atoms with E-state index in [4.69, 9.17) is 15.6 Å². The quantitative estimate of drug-likeness (QED) is 0.665. The third kappa shape index (κ3) is 2.83. The van der Waals surface area contributed by atoms with Crippen molar-refractivity contribution in [1.29, 1.82) is 0 Å². The SMILES string of the molecule is NCC(O)COc1nccs1. The Morgan fingerprint density at radius 1 is 1.82 bits per heavy atom. The molecule has 0 amide bonds. The number of hydrogen-bond donors (Lipinski definition) is 2. The van der Waals surface area contributed by atoms with Crippen LogP contribution in [0.5, 0.6) is 5.19 Å². The van der Waals surface area contributed by atoms with Crippen LogP contribution in [0.2, 0.25) is 0 Å². The first-order valence-corrected chi connectivity index (χ1v) is 4.11. The van der Waals surface area contributed by atoms with Gasteiger partial charge in [-0.15, -0.1) is 0 Å². The Kier molecular flexibility index (Phi) is 3.28. The molecular formula is C6H10N2O2S. The number of nitrogens with two attached hydrogens (primary N) is 1. The number of aromatic nitrogens is 1. The molecule has 4 nitrogen and oxygen atoms in total. The number of rotatable bonds is 4. The van der Waals surface area contributed by atoms with E-state index in [0.717, 1.165) is 0 Å². The Balaban J connectivity index is 2.23. The van der Waals surface area contributed by atoms with Crippen LogP contribution in [-0.2, 0) is 0 Å².